The molecule has 1 aromatic heterocycles. The molecular weight excluding hydrogens is 292 g/mol. The minimum atomic E-state index is -0.538. The number of hydrogen-bond donors (Lipinski definition) is 2. The number of benzene rings is 1. The molecule has 1 aromatic carbocycles. The third kappa shape index (κ3) is 4.08. The Morgan fingerprint density at radius 1 is 1.11 bits per heavy atom. The van der Waals surface area contributed by atoms with Crippen LogP contribution in [-0.4, -0.2) is 11.0 Å². The number of nitrogens with one attached hydrogen (secondary N) is 2. The fourth-order valence-corrected chi connectivity index (χ4v) is 1.80. The number of anilines is 2. The summed E-state index contributed by atoms with van der Waals surface area (Å²) < 4.78 is 13.1. The third-order valence-corrected chi connectivity index (χ3v) is 2.53. The van der Waals surface area contributed by atoms with Crippen LogP contribution in [-0.2, 0) is 0 Å². The summed E-state index contributed by atoms with van der Waals surface area (Å²) in [4.78, 5) is 15.4. The molecule has 0 bridgehead atoms. The topological polar surface area (TPSA) is 54.0 Å². The molecule has 2 amide bonds. The van der Waals surface area contributed by atoms with Crippen molar-refractivity contribution in [3.05, 3.63) is 52.5 Å². The van der Waals surface area contributed by atoms with Gasteiger partial charge in [-0.3, -0.25) is 0 Å². The van der Waals surface area contributed by atoms with Crippen molar-refractivity contribution >= 4 is 40.6 Å². The van der Waals surface area contributed by atoms with Crippen molar-refractivity contribution in [2.45, 2.75) is 0 Å². The molecule has 0 aliphatic rings. The van der Waals surface area contributed by atoms with Crippen LogP contribution in [0, 0.1) is 5.82 Å². The van der Waals surface area contributed by atoms with E-state index >= 15 is 0 Å². The van der Waals surface area contributed by atoms with Crippen molar-refractivity contribution in [3.63, 3.8) is 0 Å². The van der Waals surface area contributed by atoms with Gasteiger partial charge in [-0.15, -0.1) is 0 Å². The SMILES string of the molecule is O=C(Nc1cc(F)cc(Cl)c1)Nc1ccnc(Cl)c1. The molecule has 0 saturated carbocycles. The molecule has 98 valence electrons. The maximum Gasteiger partial charge on any atom is 0.323 e. The summed E-state index contributed by atoms with van der Waals surface area (Å²) in [5.74, 6) is -0.533. The molecule has 4 nitrogen and oxygen atoms in total. The van der Waals surface area contributed by atoms with Crippen LogP contribution >= 0.6 is 23.2 Å². The van der Waals surface area contributed by atoms with Crippen molar-refractivity contribution in [3.8, 4) is 0 Å². The second kappa shape index (κ2) is 5.86. The monoisotopic (exact) mass is 299 g/mol. The normalized spacial score (nSPS) is 10.1. The van der Waals surface area contributed by atoms with E-state index < -0.39 is 11.8 Å². The van der Waals surface area contributed by atoms with Gasteiger partial charge in [0, 0.05) is 22.6 Å². The number of amides is 2. The molecule has 2 rings (SSSR count). The van der Waals surface area contributed by atoms with Crippen LogP contribution in [0.15, 0.2) is 36.5 Å². The van der Waals surface area contributed by atoms with Gasteiger partial charge in [0.25, 0.3) is 0 Å². The molecule has 2 N–H and O–H groups in total. The van der Waals surface area contributed by atoms with Gasteiger partial charge in [-0.25, -0.2) is 14.2 Å². The van der Waals surface area contributed by atoms with E-state index in [9.17, 15) is 9.18 Å². The Balaban J connectivity index is 2.05. The van der Waals surface area contributed by atoms with Crippen LogP contribution in [0.5, 0.6) is 0 Å². The van der Waals surface area contributed by atoms with Crippen molar-refractivity contribution in [2.24, 2.45) is 0 Å². The highest BCUT2D eigenvalue weighted by atomic mass is 35.5. The number of aromatic nitrogens is 1. The lowest BCUT2D eigenvalue weighted by molar-refractivity contribution is 0.262. The molecule has 0 unspecified atom stereocenters. The number of carbonyl (C=O) groups excluding carboxylic acids is 1. The molecule has 0 spiro atoms. The highest BCUT2D eigenvalue weighted by Crippen LogP contribution is 2.18. The quantitative estimate of drug-likeness (QED) is 0.818. The zero-order valence-electron chi connectivity index (χ0n) is 9.45. The van der Waals surface area contributed by atoms with Gasteiger partial charge in [0.2, 0.25) is 0 Å². The van der Waals surface area contributed by atoms with E-state index in [1.165, 1.54) is 18.3 Å². The molecule has 0 atom stereocenters. The molecule has 0 saturated heterocycles. The van der Waals surface area contributed by atoms with E-state index in [2.05, 4.69) is 15.6 Å². The first kappa shape index (κ1) is 13.6. The van der Waals surface area contributed by atoms with E-state index in [4.69, 9.17) is 23.2 Å². The lowest BCUT2D eigenvalue weighted by atomic mass is 10.3. The molecule has 0 aliphatic heterocycles. The molecular formula is C12H8Cl2FN3O. The van der Waals surface area contributed by atoms with Gasteiger partial charge in [-0.1, -0.05) is 23.2 Å². The largest absolute Gasteiger partial charge is 0.323 e. The summed E-state index contributed by atoms with van der Waals surface area (Å²) in [5.41, 5.74) is 0.725. The fraction of sp³-hybridized carbons (Fsp3) is 0. The first-order valence-corrected chi connectivity index (χ1v) is 5.94. The minimum Gasteiger partial charge on any atom is -0.308 e. The van der Waals surface area contributed by atoms with E-state index in [1.807, 2.05) is 0 Å². The summed E-state index contributed by atoms with van der Waals surface area (Å²) in [6.07, 6.45) is 1.46. The van der Waals surface area contributed by atoms with Crippen LogP contribution in [0.2, 0.25) is 10.2 Å². The van der Waals surface area contributed by atoms with Gasteiger partial charge in [-0.05, 0) is 30.3 Å². The van der Waals surface area contributed by atoms with Crippen LogP contribution in [0.4, 0.5) is 20.6 Å². The smallest absolute Gasteiger partial charge is 0.308 e. The number of pyridine rings is 1. The van der Waals surface area contributed by atoms with Crippen LogP contribution in [0.3, 0.4) is 0 Å². The Morgan fingerprint density at radius 2 is 1.84 bits per heavy atom. The second-order valence-corrected chi connectivity index (χ2v) is 4.43. The van der Waals surface area contributed by atoms with Gasteiger partial charge in [0.05, 0.1) is 0 Å². The van der Waals surface area contributed by atoms with Crippen LogP contribution in [0.1, 0.15) is 0 Å². The second-order valence-electron chi connectivity index (χ2n) is 3.60. The Labute approximate surface area is 118 Å². The predicted octanol–water partition coefficient (Wildman–Crippen LogP) is 4.17. The zero-order chi connectivity index (χ0) is 13.8. The number of rotatable bonds is 2. The van der Waals surface area contributed by atoms with Gasteiger partial charge >= 0.3 is 6.03 Å². The summed E-state index contributed by atoms with van der Waals surface area (Å²) in [6.45, 7) is 0. The summed E-state index contributed by atoms with van der Waals surface area (Å²) in [6, 6.07) is 6.26. The van der Waals surface area contributed by atoms with Gasteiger partial charge in [0.15, 0.2) is 0 Å². The lowest BCUT2D eigenvalue weighted by Gasteiger charge is -2.08. The standard InChI is InChI=1S/C12H8Cl2FN3O/c13-7-3-8(15)5-10(4-7)18-12(19)17-9-1-2-16-11(14)6-9/h1-6H,(H2,16,17,18,19). The molecule has 19 heavy (non-hydrogen) atoms. The number of urea groups is 1. The molecule has 0 aliphatic carbocycles. The van der Waals surface area contributed by atoms with E-state index in [0.717, 1.165) is 12.1 Å². The lowest BCUT2D eigenvalue weighted by Crippen LogP contribution is -2.19. The number of carbonyl (C=O) groups is 1. The first-order valence-electron chi connectivity index (χ1n) is 5.18. The van der Waals surface area contributed by atoms with Crippen molar-refractivity contribution < 1.29 is 9.18 Å². The van der Waals surface area contributed by atoms with E-state index in [0.29, 0.717) is 5.69 Å². The molecule has 1 heterocycles. The molecule has 2 aromatic rings. The third-order valence-electron chi connectivity index (χ3n) is 2.10. The zero-order valence-corrected chi connectivity index (χ0v) is 11.0. The van der Waals surface area contributed by atoms with Crippen LogP contribution < -0.4 is 10.6 Å². The van der Waals surface area contributed by atoms with E-state index in [1.54, 1.807) is 6.07 Å². The maximum atomic E-state index is 13.1. The van der Waals surface area contributed by atoms with Crippen molar-refractivity contribution in [1.82, 2.24) is 4.98 Å². The predicted molar refractivity (Wildman–Crippen MR) is 73.3 cm³/mol. The maximum absolute atomic E-state index is 13.1. The van der Waals surface area contributed by atoms with Gasteiger partial charge in [0.1, 0.15) is 11.0 Å². The average molecular weight is 300 g/mol. The highest BCUT2D eigenvalue weighted by molar-refractivity contribution is 6.31. The molecule has 0 fully saturated rings. The summed E-state index contributed by atoms with van der Waals surface area (Å²) >= 11 is 11.4. The van der Waals surface area contributed by atoms with Gasteiger partial charge in [-0.2, -0.15) is 0 Å². The fourth-order valence-electron chi connectivity index (χ4n) is 1.40. The molecule has 7 heteroatoms. The Hall–Kier alpha value is -1.85. The van der Waals surface area contributed by atoms with Crippen LogP contribution in [0.25, 0.3) is 0 Å². The van der Waals surface area contributed by atoms with Crippen molar-refractivity contribution in [2.75, 3.05) is 10.6 Å². The number of hydrogen-bond acceptors (Lipinski definition) is 2. The van der Waals surface area contributed by atoms with E-state index in [-0.39, 0.29) is 15.9 Å². The molecule has 0 radical (unpaired) electrons. The average Bonchev–Trinajstić information content (AvgIpc) is 2.26. The van der Waals surface area contributed by atoms with Crippen molar-refractivity contribution in [1.29, 1.82) is 0 Å². The summed E-state index contributed by atoms with van der Waals surface area (Å²) in [7, 11) is 0. The van der Waals surface area contributed by atoms with Gasteiger partial charge < -0.3 is 10.6 Å². The number of nitrogens with zero attached hydrogens (tertiary/aromatic N) is 1. The Bertz CT molecular complexity index is 601. The highest BCUT2D eigenvalue weighted by Gasteiger charge is 2.05. The summed E-state index contributed by atoms with van der Waals surface area (Å²) in [5, 5.41) is 5.44. The first-order chi connectivity index (χ1) is 9.02. The number of halogens is 3. The minimum absolute atomic E-state index is 0.197. The Morgan fingerprint density at radius 3 is 2.53 bits per heavy atom. The Kier molecular flexibility index (Phi) is 4.19.